The molecule has 0 amide bonds. The quantitative estimate of drug-likeness (QED) is 0.741. The van der Waals surface area contributed by atoms with Gasteiger partial charge in [-0.3, -0.25) is 4.90 Å². The van der Waals surface area contributed by atoms with E-state index in [1.54, 1.807) is 6.08 Å². The summed E-state index contributed by atoms with van der Waals surface area (Å²) in [6, 6.07) is 19.2. The molecule has 0 radical (unpaired) electrons. The Morgan fingerprint density at radius 1 is 1.00 bits per heavy atom. The van der Waals surface area contributed by atoms with Crippen LogP contribution in [0.2, 0.25) is 0 Å². The molecule has 1 aromatic heterocycles. The lowest BCUT2D eigenvalue weighted by molar-refractivity contribution is 0.176. The van der Waals surface area contributed by atoms with Crippen molar-refractivity contribution in [2.24, 2.45) is 0 Å². The van der Waals surface area contributed by atoms with Gasteiger partial charge in [-0.25, -0.2) is 0 Å². The fourth-order valence-electron chi connectivity index (χ4n) is 4.02. The van der Waals surface area contributed by atoms with Gasteiger partial charge < -0.3 is 9.67 Å². The zero-order valence-corrected chi connectivity index (χ0v) is 14.4. The molecule has 1 N–H and O–H groups in total. The molecule has 2 heterocycles. The average Bonchev–Trinajstić information content (AvgIpc) is 2.94. The van der Waals surface area contributed by atoms with E-state index in [0.717, 1.165) is 48.9 Å². The lowest BCUT2D eigenvalue weighted by atomic mass is 10.0. The predicted octanol–water partition coefficient (Wildman–Crippen LogP) is 4.83. The number of aromatic nitrogens is 1. The number of benzene rings is 2. The van der Waals surface area contributed by atoms with Crippen LogP contribution >= 0.6 is 0 Å². The van der Waals surface area contributed by atoms with E-state index in [1.807, 2.05) is 12.1 Å². The normalized spacial score (nSPS) is 16.3. The van der Waals surface area contributed by atoms with Crippen LogP contribution in [0.3, 0.4) is 0 Å². The Morgan fingerprint density at radius 3 is 2.40 bits per heavy atom. The smallest absolute Gasteiger partial charge is 0.199 e. The van der Waals surface area contributed by atoms with E-state index in [1.165, 1.54) is 5.56 Å². The minimum absolute atomic E-state index is 0.339. The molecule has 0 spiro atoms. The summed E-state index contributed by atoms with van der Waals surface area (Å²) in [6.07, 6.45) is 3.87. The molecule has 1 aliphatic rings. The van der Waals surface area contributed by atoms with Crippen molar-refractivity contribution >= 4 is 17.0 Å². The Kier molecular flexibility index (Phi) is 4.33. The number of rotatable bonds is 4. The van der Waals surface area contributed by atoms with E-state index < -0.39 is 0 Å². The minimum Gasteiger partial charge on any atom is -0.494 e. The van der Waals surface area contributed by atoms with Gasteiger partial charge in [0.25, 0.3) is 0 Å². The Morgan fingerprint density at radius 2 is 1.68 bits per heavy atom. The second kappa shape index (κ2) is 6.77. The van der Waals surface area contributed by atoms with Crippen LogP contribution in [-0.4, -0.2) is 27.7 Å². The summed E-state index contributed by atoms with van der Waals surface area (Å²) in [4.78, 5) is 2.50. The van der Waals surface area contributed by atoms with E-state index in [-0.39, 0.29) is 0 Å². The summed E-state index contributed by atoms with van der Waals surface area (Å²) in [5, 5.41) is 11.8. The fraction of sp³-hybridized carbons (Fsp3) is 0.273. The van der Waals surface area contributed by atoms with Crippen molar-refractivity contribution in [1.82, 2.24) is 9.47 Å². The van der Waals surface area contributed by atoms with Gasteiger partial charge in [0.15, 0.2) is 5.88 Å². The minimum atomic E-state index is 0.339. The van der Waals surface area contributed by atoms with Crippen LogP contribution in [0.1, 0.15) is 30.0 Å². The maximum absolute atomic E-state index is 10.7. The molecule has 2 aromatic carbocycles. The summed E-state index contributed by atoms with van der Waals surface area (Å²) in [5.74, 6) is 0.359. The van der Waals surface area contributed by atoms with Gasteiger partial charge >= 0.3 is 0 Å². The molecule has 1 saturated heterocycles. The van der Waals surface area contributed by atoms with Gasteiger partial charge in [0.05, 0.1) is 5.52 Å². The van der Waals surface area contributed by atoms with Crippen molar-refractivity contribution in [2.45, 2.75) is 25.4 Å². The van der Waals surface area contributed by atoms with Crippen LogP contribution in [-0.2, 0) is 6.54 Å². The highest BCUT2D eigenvalue weighted by Gasteiger charge is 2.25. The van der Waals surface area contributed by atoms with Gasteiger partial charge in [-0.2, -0.15) is 0 Å². The summed E-state index contributed by atoms with van der Waals surface area (Å²) in [7, 11) is 0. The highest BCUT2D eigenvalue weighted by atomic mass is 16.3. The van der Waals surface area contributed by atoms with E-state index in [9.17, 15) is 5.11 Å². The maximum Gasteiger partial charge on any atom is 0.199 e. The first kappa shape index (κ1) is 16.0. The SMILES string of the molecule is C=Cc1c(O)n(C2CCN(Cc3ccccc3)CC2)c2ccccc12. The summed E-state index contributed by atoms with van der Waals surface area (Å²) < 4.78 is 2.12. The van der Waals surface area contributed by atoms with Gasteiger partial charge in [-0.15, -0.1) is 0 Å². The first-order valence-electron chi connectivity index (χ1n) is 8.98. The molecule has 0 aliphatic carbocycles. The Balaban J connectivity index is 1.54. The number of aromatic hydroxyl groups is 1. The number of nitrogens with zero attached hydrogens (tertiary/aromatic N) is 2. The predicted molar refractivity (Wildman–Crippen MR) is 104 cm³/mol. The molecule has 0 unspecified atom stereocenters. The first-order valence-corrected chi connectivity index (χ1v) is 8.98. The molecule has 1 aliphatic heterocycles. The molecule has 3 nitrogen and oxygen atoms in total. The third-order valence-electron chi connectivity index (χ3n) is 5.30. The van der Waals surface area contributed by atoms with Crippen LogP contribution in [0.5, 0.6) is 5.88 Å². The van der Waals surface area contributed by atoms with Crippen LogP contribution in [0, 0.1) is 0 Å². The molecule has 0 saturated carbocycles. The van der Waals surface area contributed by atoms with Gasteiger partial charge in [0, 0.05) is 36.6 Å². The molecule has 0 atom stereocenters. The van der Waals surface area contributed by atoms with Crippen molar-refractivity contribution in [2.75, 3.05) is 13.1 Å². The Bertz CT molecular complexity index is 874. The second-order valence-electron chi connectivity index (χ2n) is 6.82. The highest BCUT2D eigenvalue weighted by molar-refractivity contribution is 5.92. The number of hydrogen-bond donors (Lipinski definition) is 1. The number of piperidine rings is 1. The summed E-state index contributed by atoms with van der Waals surface area (Å²) in [6.45, 7) is 6.98. The first-order chi connectivity index (χ1) is 12.3. The van der Waals surface area contributed by atoms with Crippen LogP contribution in [0.15, 0.2) is 61.2 Å². The van der Waals surface area contributed by atoms with E-state index >= 15 is 0 Å². The van der Waals surface area contributed by atoms with Crippen molar-refractivity contribution in [3.8, 4) is 5.88 Å². The van der Waals surface area contributed by atoms with Crippen molar-refractivity contribution in [3.63, 3.8) is 0 Å². The lowest BCUT2D eigenvalue weighted by Crippen LogP contribution is -2.34. The summed E-state index contributed by atoms with van der Waals surface area (Å²) >= 11 is 0. The molecule has 3 heteroatoms. The molecule has 4 rings (SSSR count). The van der Waals surface area contributed by atoms with Crippen molar-refractivity contribution in [3.05, 3.63) is 72.3 Å². The monoisotopic (exact) mass is 332 g/mol. The summed E-state index contributed by atoms with van der Waals surface area (Å²) in [5.41, 5.74) is 3.32. The van der Waals surface area contributed by atoms with Crippen LogP contribution in [0.4, 0.5) is 0 Å². The van der Waals surface area contributed by atoms with Gasteiger partial charge in [-0.1, -0.05) is 61.2 Å². The third-order valence-corrected chi connectivity index (χ3v) is 5.30. The molecule has 25 heavy (non-hydrogen) atoms. The Hall–Kier alpha value is -2.52. The van der Waals surface area contributed by atoms with Crippen molar-refractivity contribution in [1.29, 1.82) is 0 Å². The van der Waals surface area contributed by atoms with Crippen LogP contribution < -0.4 is 0 Å². The highest BCUT2D eigenvalue weighted by Crippen LogP contribution is 2.38. The van der Waals surface area contributed by atoms with Gasteiger partial charge in [0.1, 0.15) is 0 Å². The zero-order chi connectivity index (χ0) is 17.2. The number of fused-ring (bicyclic) bond motifs is 1. The molecular formula is C22H24N2O. The topological polar surface area (TPSA) is 28.4 Å². The Labute approximate surface area is 148 Å². The van der Waals surface area contributed by atoms with Gasteiger partial charge in [0.2, 0.25) is 0 Å². The van der Waals surface area contributed by atoms with E-state index in [4.69, 9.17) is 0 Å². The second-order valence-corrected chi connectivity index (χ2v) is 6.82. The molecule has 128 valence electrons. The number of para-hydroxylation sites is 1. The molecular weight excluding hydrogens is 308 g/mol. The molecule has 1 fully saturated rings. The van der Waals surface area contributed by atoms with Gasteiger partial charge in [-0.05, 0) is 24.5 Å². The average molecular weight is 332 g/mol. The number of likely N-dealkylation sites (tertiary alicyclic amines) is 1. The zero-order valence-electron chi connectivity index (χ0n) is 14.4. The maximum atomic E-state index is 10.7. The van der Waals surface area contributed by atoms with E-state index in [0.29, 0.717) is 11.9 Å². The largest absolute Gasteiger partial charge is 0.494 e. The van der Waals surface area contributed by atoms with Crippen molar-refractivity contribution < 1.29 is 5.11 Å². The standard InChI is InChI=1S/C22H24N2O/c1-2-19-20-10-6-7-11-21(20)24(22(19)25)18-12-14-23(15-13-18)16-17-8-4-3-5-9-17/h2-11,18,25H,1,12-16H2. The fourth-order valence-corrected chi connectivity index (χ4v) is 4.02. The van der Waals surface area contributed by atoms with E-state index in [2.05, 4.69) is 58.5 Å². The lowest BCUT2D eigenvalue weighted by Gasteiger charge is -2.33. The molecule has 3 aromatic rings. The van der Waals surface area contributed by atoms with Crippen LogP contribution in [0.25, 0.3) is 17.0 Å². The third kappa shape index (κ3) is 2.96. The number of hydrogen-bond acceptors (Lipinski definition) is 2. The molecule has 0 bridgehead atoms.